The van der Waals surface area contributed by atoms with Crippen molar-refractivity contribution in [3.05, 3.63) is 126 Å². The van der Waals surface area contributed by atoms with E-state index in [4.69, 9.17) is 5.73 Å². The van der Waals surface area contributed by atoms with Crippen LogP contribution < -0.4 is 5.73 Å². The first-order valence-corrected chi connectivity index (χ1v) is 9.41. The van der Waals surface area contributed by atoms with Gasteiger partial charge in [-0.1, -0.05) is 84.9 Å². The van der Waals surface area contributed by atoms with Crippen molar-refractivity contribution in [3.8, 4) is 0 Å². The van der Waals surface area contributed by atoms with Gasteiger partial charge in [-0.3, -0.25) is 4.79 Å². The highest BCUT2D eigenvalue weighted by Crippen LogP contribution is 2.28. The molecule has 142 valence electrons. The van der Waals surface area contributed by atoms with Gasteiger partial charge in [0, 0.05) is 18.0 Å². The number of nitrogens with two attached hydrogens (primary N) is 1. The minimum absolute atomic E-state index is 0.00267. The van der Waals surface area contributed by atoms with Crippen molar-refractivity contribution in [1.82, 2.24) is 9.55 Å². The summed E-state index contributed by atoms with van der Waals surface area (Å²) < 4.78 is 2.07. The number of nitrogens with zero attached hydrogens (tertiary/aromatic N) is 2. The zero-order chi connectivity index (χ0) is 20.1. The molecule has 0 aliphatic heterocycles. The molecule has 4 aromatic rings. The zero-order valence-corrected chi connectivity index (χ0v) is 15.8. The van der Waals surface area contributed by atoms with Crippen LogP contribution in [-0.4, -0.2) is 15.5 Å². The lowest BCUT2D eigenvalue weighted by atomic mass is 9.95. The molecular formula is C25H21N3O. The molecule has 29 heavy (non-hydrogen) atoms. The van der Waals surface area contributed by atoms with Gasteiger partial charge in [0.25, 0.3) is 0 Å². The molecule has 2 N–H and O–H groups in total. The fraction of sp³-hybridized carbons (Fsp3) is 0.0400. The number of hydrogen-bond acceptors (Lipinski definition) is 2. The van der Waals surface area contributed by atoms with Crippen LogP contribution in [0.15, 0.2) is 104 Å². The van der Waals surface area contributed by atoms with E-state index in [0.717, 1.165) is 22.3 Å². The number of imidazole rings is 1. The molecule has 1 amide bonds. The maximum atomic E-state index is 12.1. The number of aromatic nitrogens is 2. The Morgan fingerprint density at radius 2 is 1.48 bits per heavy atom. The van der Waals surface area contributed by atoms with Gasteiger partial charge in [-0.05, 0) is 28.3 Å². The molecule has 0 bridgehead atoms. The summed E-state index contributed by atoms with van der Waals surface area (Å²) in [7, 11) is 0. The second-order valence-electron chi connectivity index (χ2n) is 6.78. The van der Waals surface area contributed by atoms with Crippen LogP contribution in [0.3, 0.4) is 0 Å². The average Bonchev–Trinajstić information content (AvgIpc) is 3.28. The van der Waals surface area contributed by atoms with E-state index >= 15 is 0 Å². The van der Waals surface area contributed by atoms with Gasteiger partial charge in [0.2, 0.25) is 5.91 Å². The first-order chi connectivity index (χ1) is 14.2. The van der Waals surface area contributed by atoms with Gasteiger partial charge in [-0.2, -0.15) is 0 Å². The number of carbonyl (C=O) groups excluding carboxylic acids is 1. The Bertz CT molecular complexity index is 1100. The molecular weight excluding hydrogens is 358 g/mol. The summed E-state index contributed by atoms with van der Waals surface area (Å²) in [5, 5.41) is 0. The molecule has 0 saturated heterocycles. The van der Waals surface area contributed by atoms with E-state index in [1.807, 2.05) is 91.4 Å². The van der Waals surface area contributed by atoms with Crippen molar-refractivity contribution in [2.45, 2.75) is 6.04 Å². The average molecular weight is 379 g/mol. The Morgan fingerprint density at radius 1 is 0.862 bits per heavy atom. The number of benzene rings is 3. The Hall–Kier alpha value is -3.92. The Morgan fingerprint density at radius 3 is 2.07 bits per heavy atom. The maximum absolute atomic E-state index is 12.1. The van der Waals surface area contributed by atoms with Gasteiger partial charge in [0.15, 0.2) is 0 Å². The third-order valence-corrected chi connectivity index (χ3v) is 4.85. The van der Waals surface area contributed by atoms with Gasteiger partial charge >= 0.3 is 0 Å². The minimum atomic E-state index is -0.448. The van der Waals surface area contributed by atoms with Crippen LogP contribution in [0.4, 0.5) is 0 Å². The number of carbonyl (C=O) groups is 1. The lowest BCUT2D eigenvalue weighted by Crippen LogP contribution is -2.13. The van der Waals surface area contributed by atoms with Crippen molar-refractivity contribution in [1.29, 1.82) is 0 Å². The van der Waals surface area contributed by atoms with E-state index < -0.39 is 5.91 Å². The lowest BCUT2D eigenvalue weighted by Gasteiger charge is -2.20. The van der Waals surface area contributed by atoms with Crippen molar-refractivity contribution in [2.24, 2.45) is 5.73 Å². The first kappa shape index (κ1) is 18.4. The largest absolute Gasteiger partial charge is 0.366 e. The van der Waals surface area contributed by atoms with Crippen molar-refractivity contribution in [2.75, 3.05) is 0 Å². The summed E-state index contributed by atoms with van der Waals surface area (Å²) in [5.74, 6) is -0.448. The normalized spacial score (nSPS) is 12.5. The molecule has 3 aromatic carbocycles. The number of primary amides is 1. The summed E-state index contributed by atoms with van der Waals surface area (Å²) in [6.45, 7) is 0. The topological polar surface area (TPSA) is 60.9 Å². The van der Waals surface area contributed by atoms with E-state index in [-0.39, 0.29) is 6.04 Å². The smallest absolute Gasteiger partial charge is 0.249 e. The lowest BCUT2D eigenvalue weighted by molar-refractivity contribution is -0.112. The van der Waals surface area contributed by atoms with Gasteiger partial charge in [-0.25, -0.2) is 4.98 Å². The second-order valence-corrected chi connectivity index (χ2v) is 6.78. The van der Waals surface area contributed by atoms with E-state index in [2.05, 4.69) is 21.7 Å². The maximum Gasteiger partial charge on any atom is 0.249 e. The van der Waals surface area contributed by atoms with Crippen LogP contribution in [0.5, 0.6) is 0 Å². The van der Waals surface area contributed by atoms with Crippen LogP contribution >= 0.6 is 0 Å². The molecule has 1 unspecified atom stereocenters. The van der Waals surface area contributed by atoms with E-state index in [1.54, 1.807) is 6.20 Å². The van der Waals surface area contributed by atoms with Crippen LogP contribution in [0.2, 0.25) is 0 Å². The molecule has 0 fully saturated rings. The SMILES string of the molecule is NC(=O)/C(=C\c1ccccc1)c1ccc(C(c2ccccc2)n2ccnc2)cc1. The highest BCUT2D eigenvalue weighted by atomic mass is 16.1. The minimum Gasteiger partial charge on any atom is -0.366 e. The Kier molecular flexibility index (Phi) is 5.34. The van der Waals surface area contributed by atoms with E-state index in [1.165, 1.54) is 0 Å². The molecule has 0 saturated carbocycles. The van der Waals surface area contributed by atoms with Crippen molar-refractivity contribution in [3.63, 3.8) is 0 Å². The van der Waals surface area contributed by atoms with Gasteiger partial charge in [0.05, 0.1) is 12.4 Å². The second kappa shape index (κ2) is 8.40. The summed E-state index contributed by atoms with van der Waals surface area (Å²) in [5.41, 5.74) is 10.1. The highest BCUT2D eigenvalue weighted by Gasteiger charge is 2.16. The van der Waals surface area contributed by atoms with E-state index in [0.29, 0.717) is 5.57 Å². The fourth-order valence-electron chi connectivity index (χ4n) is 3.45. The quantitative estimate of drug-likeness (QED) is 0.395. The van der Waals surface area contributed by atoms with Crippen molar-refractivity contribution < 1.29 is 4.79 Å². The summed E-state index contributed by atoms with van der Waals surface area (Å²) in [6.07, 6.45) is 7.37. The predicted octanol–water partition coefficient (Wildman–Crippen LogP) is 4.55. The third kappa shape index (κ3) is 4.17. The molecule has 4 rings (SSSR count). The molecule has 4 heteroatoms. The molecule has 1 heterocycles. The number of amides is 1. The monoisotopic (exact) mass is 379 g/mol. The van der Waals surface area contributed by atoms with Crippen LogP contribution in [0.25, 0.3) is 11.6 Å². The molecule has 1 atom stereocenters. The molecule has 0 radical (unpaired) electrons. The molecule has 0 aliphatic carbocycles. The standard InChI is InChI=1S/C25H21N3O/c26-25(29)23(17-19-7-3-1-4-8-19)20-11-13-22(14-12-20)24(28-16-15-27-18-28)21-9-5-2-6-10-21/h1-18,24H,(H2,26,29)/b23-17-. The predicted molar refractivity (Wildman–Crippen MR) is 116 cm³/mol. The molecule has 0 spiro atoms. The zero-order valence-electron chi connectivity index (χ0n) is 15.8. The summed E-state index contributed by atoms with van der Waals surface area (Å²) >= 11 is 0. The van der Waals surface area contributed by atoms with Crippen LogP contribution in [0, 0.1) is 0 Å². The van der Waals surface area contributed by atoms with Crippen LogP contribution in [-0.2, 0) is 4.79 Å². The molecule has 4 nitrogen and oxygen atoms in total. The van der Waals surface area contributed by atoms with Crippen LogP contribution in [0.1, 0.15) is 28.3 Å². The molecule has 0 aliphatic rings. The summed E-state index contributed by atoms with van der Waals surface area (Å²) in [4.78, 5) is 16.3. The third-order valence-electron chi connectivity index (χ3n) is 4.85. The summed E-state index contributed by atoms with van der Waals surface area (Å²) in [6, 6.07) is 27.9. The van der Waals surface area contributed by atoms with E-state index in [9.17, 15) is 4.79 Å². The molecule has 1 aromatic heterocycles. The van der Waals surface area contributed by atoms with Crippen molar-refractivity contribution >= 4 is 17.6 Å². The van der Waals surface area contributed by atoms with Gasteiger partial charge < -0.3 is 10.3 Å². The van der Waals surface area contributed by atoms with Gasteiger partial charge in [0.1, 0.15) is 0 Å². The number of rotatable bonds is 6. The first-order valence-electron chi connectivity index (χ1n) is 9.41. The highest BCUT2D eigenvalue weighted by molar-refractivity contribution is 6.23. The van der Waals surface area contributed by atoms with Gasteiger partial charge in [-0.15, -0.1) is 0 Å². The Balaban J connectivity index is 1.72. The Labute approximate surface area is 170 Å². The number of hydrogen-bond donors (Lipinski definition) is 1. The fourth-order valence-corrected chi connectivity index (χ4v) is 3.45.